The summed E-state index contributed by atoms with van der Waals surface area (Å²) in [6.07, 6.45) is -3.12. The standard InChI is InChI=1S/C33H29F3N4O4/c1-19-29(30(41)28-18-40(39-37-28)17-21-7-6-10-25(15-21)33(34,35)36)31(44-38-19)27-16-24(20(2)43-32(42)23-11-12-23)13-14-26(27)22-8-4-3-5-9-22/h3-10,13-16,18,20,23,30,41H,11-12,17H2,1-2H3. The minimum Gasteiger partial charge on any atom is -0.458 e. The van der Waals surface area contributed by atoms with E-state index in [1.165, 1.54) is 16.9 Å². The Morgan fingerprint density at radius 3 is 2.57 bits per heavy atom. The van der Waals surface area contributed by atoms with Gasteiger partial charge in [-0.2, -0.15) is 13.2 Å². The zero-order chi connectivity index (χ0) is 31.0. The van der Waals surface area contributed by atoms with Gasteiger partial charge in [0.25, 0.3) is 0 Å². The van der Waals surface area contributed by atoms with Crippen molar-refractivity contribution in [3.8, 4) is 22.5 Å². The predicted octanol–water partition coefficient (Wildman–Crippen LogP) is 7.07. The van der Waals surface area contributed by atoms with Gasteiger partial charge in [0, 0.05) is 5.56 Å². The van der Waals surface area contributed by atoms with Crippen molar-refractivity contribution in [3.05, 3.63) is 113 Å². The Bertz CT molecular complexity index is 1790. The SMILES string of the molecule is Cc1noc(-c2cc(C(C)OC(=O)C3CC3)ccc2-c2ccccc2)c1C(O)c1cn(Cc2cccc(C(F)(F)F)c2)nn1. The number of aliphatic hydroxyl groups excluding tert-OH is 1. The summed E-state index contributed by atoms with van der Waals surface area (Å²) in [6, 6.07) is 20.3. The molecular formula is C33H29F3N4O4. The van der Waals surface area contributed by atoms with E-state index >= 15 is 0 Å². The number of alkyl halides is 3. The summed E-state index contributed by atoms with van der Waals surface area (Å²) in [4.78, 5) is 12.4. The van der Waals surface area contributed by atoms with Crippen LogP contribution in [-0.4, -0.2) is 31.2 Å². The van der Waals surface area contributed by atoms with Crippen LogP contribution in [0.4, 0.5) is 13.2 Å². The number of carbonyl (C=O) groups is 1. The number of rotatable bonds is 9. The van der Waals surface area contributed by atoms with Crippen molar-refractivity contribution in [1.29, 1.82) is 0 Å². The molecule has 44 heavy (non-hydrogen) atoms. The van der Waals surface area contributed by atoms with Crippen LogP contribution in [-0.2, 0) is 22.3 Å². The third kappa shape index (κ3) is 6.14. The number of hydrogen-bond donors (Lipinski definition) is 1. The summed E-state index contributed by atoms with van der Waals surface area (Å²) in [5.74, 6) is 0.0519. The van der Waals surface area contributed by atoms with Gasteiger partial charge in [-0.05, 0) is 67.1 Å². The quantitative estimate of drug-likeness (QED) is 0.180. The number of nitrogens with zero attached hydrogens (tertiary/aromatic N) is 4. The normalized spacial score (nSPS) is 14.8. The third-order valence-electron chi connectivity index (χ3n) is 7.66. The molecule has 0 spiro atoms. The van der Waals surface area contributed by atoms with Crippen LogP contribution in [0.5, 0.6) is 0 Å². The fraction of sp³-hybridized carbons (Fsp3) is 0.273. The first kappa shape index (κ1) is 29.3. The lowest BCUT2D eigenvalue weighted by atomic mass is 9.91. The van der Waals surface area contributed by atoms with Crippen molar-refractivity contribution in [3.63, 3.8) is 0 Å². The van der Waals surface area contributed by atoms with Crippen molar-refractivity contribution < 1.29 is 32.3 Å². The third-order valence-corrected chi connectivity index (χ3v) is 7.66. The first-order valence-electron chi connectivity index (χ1n) is 14.2. The Balaban J connectivity index is 1.34. The molecule has 0 amide bonds. The van der Waals surface area contributed by atoms with Gasteiger partial charge in [-0.25, -0.2) is 4.68 Å². The van der Waals surface area contributed by atoms with Crippen LogP contribution in [0.3, 0.4) is 0 Å². The van der Waals surface area contributed by atoms with Crippen molar-refractivity contribution in [2.45, 2.75) is 51.6 Å². The number of aromatic nitrogens is 4. The topological polar surface area (TPSA) is 103 Å². The summed E-state index contributed by atoms with van der Waals surface area (Å²) < 4.78 is 52.4. The lowest BCUT2D eigenvalue weighted by molar-refractivity contribution is -0.150. The molecule has 1 aliphatic rings. The highest BCUT2D eigenvalue weighted by Crippen LogP contribution is 2.41. The van der Waals surface area contributed by atoms with Crippen molar-refractivity contribution in [2.24, 2.45) is 5.92 Å². The predicted molar refractivity (Wildman–Crippen MR) is 154 cm³/mol. The number of ether oxygens (including phenoxy) is 1. The highest BCUT2D eigenvalue weighted by atomic mass is 19.4. The van der Waals surface area contributed by atoms with Crippen LogP contribution in [0, 0.1) is 12.8 Å². The van der Waals surface area contributed by atoms with Crippen LogP contribution in [0.2, 0.25) is 0 Å². The molecule has 0 bridgehead atoms. The van der Waals surface area contributed by atoms with E-state index in [0.29, 0.717) is 28.1 Å². The van der Waals surface area contributed by atoms with Crippen molar-refractivity contribution in [2.75, 3.05) is 0 Å². The molecule has 5 aromatic rings. The molecule has 0 saturated heterocycles. The number of esters is 1. The van der Waals surface area contributed by atoms with Gasteiger partial charge in [-0.15, -0.1) is 5.10 Å². The molecule has 1 aliphatic carbocycles. The maximum Gasteiger partial charge on any atom is 0.416 e. The minimum absolute atomic E-state index is 0.0246. The average Bonchev–Trinajstić information content (AvgIpc) is 3.65. The van der Waals surface area contributed by atoms with E-state index in [2.05, 4.69) is 15.5 Å². The van der Waals surface area contributed by atoms with Gasteiger partial charge >= 0.3 is 12.1 Å². The second-order valence-electron chi connectivity index (χ2n) is 11.0. The molecule has 8 nitrogen and oxygen atoms in total. The van der Waals surface area contributed by atoms with Crippen LogP contribution in [0.25, 0.3) is 22.5 Å². The molecular weight excluding hydrogens is 573 g/mol. The largest absolute Gasteiger partial charge is 0.458 e. The first-order valence-corrected chi connectivity index (χ1v) is 14.2. The van der Waals surface area contributed by atoms with Gasteiger partial charge in [0.15, 0.2) is 5.76 Å². The monoisotopic (exact) mass is 602 g/mol. The average molecular weight is 603 g/mol. The van der Waals surface area contributed by atoms with Crippen molar-refractivity contribution in [1.82, 2.24) is 20.2 Å². The molecule has 226 valence electrons. The molecule has 1 saturated carbocycles. The molecule has 6 rings (SSSR count). The fourth-order valence-corrected chi connectivity index (χ4v) is 5.12. The molecule has 2 heterocycles. The molecule has 2 atom stereocenters. The van der Waals surface area contributed by atoms with E-state index in [9.17, 15) is 23.1 Å². The maximum absolute atomic E-state index is 13.2. The summed E-state index contributed by atoms with van der Waals surface area (Å²) in [5, 5.41) is 23.8. The van der Waals surface area contributed by atoms with E-state index in [-0.39, 0.29) is 24.1 Å². The number of aryl methyl sites for hydroxylation is 1. The van der Waals surface area contributed by atoms with E-state index in [1.807, 2.05) is 55.5 Å². The second-order valence-corrected chi connectivity index (χ2v) is 11.0. The number of carbonyl (C=O) groups excluding carboxylic acids is 1. The summed E-state index contributed by atoms with van der Waals surface area (Å²) in [7, 11) is 0. The number of aliphatic hydroxyl groups is 1. The Hall–Kier alpha value is -4.77. The van der Waals surface area contributed by atoms with Gasteiger partial charge in [0.1, 0.15) is 17.9 Å². The molecule has 0 aliphatic heterocycles. The summed E-state index contributed by atoms with van der Waals surface area (Å²) in [5.41, 5.74) is 3.69. The second kappa shape index (κ2) is 11.7. The Kier molecular flexibility index (Phi) is 7.81. The van der Waals surface area contributed by atoms with Gasteiger partial charge < -0.3 is 14.4 Å². The minimum atomic E-state index is -4.46. The van der Waals surface area contributed by atoms with Gasteiger partial charge in [-0.1, -0.05) is 65.0 Å². The van der Waals surface area contributed by atoms with Crippen LogP contribution >= 0.6 is 0 Å². The smallest absolute Gasteiger partial charge is 0.416 e. The number of benzene rings is 3. The van der Waals surface area contributed by atoms with Crippen LogP contribution in [0.1, 0.15) is 65.6 Å². The van der Waals surface area contributed by atoms with E-state index in [4.69, 9.17) is 9.26 Å². The maximum atomic E-state index is 13.2. The van der Waals surface area contributed by atoms with Gasteiger partial charge in [-0.3, -0.25) is 4.79 Å². The van der Waals surface area contributed by atoms with Crippen LogP contribution < -0.4 is 0 Å². The molecule has 2 unspecified atom stereocenters. The summed E-state index contributed by atoms with van der Waals surface area (Å²) in [6.45, 7) is 3.53. The molecule has 3 aromatic carbocycles. The summed E-state index contributed by atoms with van der Waals surface area (Å²) >= 11 is 0. The van der Waals surface area contributed by atoms with Gasteiger partial charge in [0.05, 0.1) is 35.5 Å². The van der Waals surface area contributed by atoms with Crippen LogP contribution in [0.15, 0.2) is 83.5 Å². The lowest BCUT2D eigenvalue weighted by Crippen LogP contribution is -2.10. The highest BCUT2D eigenvalue weighted by Gasteiger charge is 2.33. The highest BCUT2D eigenvalue weighted by molar-refractivity contribution is 5.83. The Morgan fingerprint density at radius 1 is 1.07 bits per heavy atom. The van der Waals surface area contributed by atoms with E-state index in [1.54, 1.807) is 13.0 Å². The van der Waals surface area contributed by atoms with E-state index in [0.717, 1.165) is 41.7 Å². The van der Waals surface area contributed by atoms with Crippen molar-refractivity contribution >= 4 is 5.97 Å². The fourth-order valence-electron chi connectivity index (χ4n) is 5.12. The molecule has 2 aromatic heterocycles. The first-order chi connectivity index (χ1) is 21.1. The van der Waals surface area contributed by atoms with Gasteiger partial charge in [0.2, 0.25) is 0 Å². The Labute approximate surface area is 251 Å². The molecule has 0 radical (unpaired) electrons. The van der Waals surface area contributed by atoms with E-state index < -0.39 is 23.9 Å². The molecule has 11 heteroatoms. The zero-order valence-corrected chi connectivity index (χ0v) is 24.0. The zero-order valence-electron chi connectivity index (χ0n) is 24.0. The number of hydrogen-bond acceptors (Lipinski definition) is 7. The lowest BCUT2D eigenvalue weighted by Gasteiger charge is -2.17. The Morgan fingerprint density at radius 2 is 1.84 bits per heavy atom. The molecule has 1 fully saturated rings. The number of halogens is 3. The molecule has 1 N–H and O–H groups in total.